The topological polar surface area (TPSA) is 21.3 Å². The van der Waals surface area contributed by atoms with Crippen LogP contribution in [0.15, 0.2) is 18.2 Å². The van der Waals surface area contributed by atoms with Gasteiger partial charge in [0.05, 0.1) is 7.11 Å². The lowest BCUT2D eigenvalue weighted by atomic mass is 9.75. The molecule has 2 atom stereocenters. The Morgan fingerprint density at radius 1 is 1.29 bits per heavy atom. The molecule has 0 radical (unpaired) electrons. The minimum atomic E-state index is -0.162. The molecule has 21 heavy (non-hydrogen) atoms. The largest absolute Gasteiger partial charge is 0.496 e. The van der Waals surface area contributed by atoms with Gasteiger partial charge in [-0.3, -0.25) is 0 Å². The molecule has 2 rings (SSSR count). The molecule has 1 aromatic rings. The molecule has 1 fully saturated rings. The maximum atomic E-state index is 13.7. The third-order valence-corrected chi connectivity index (χ3v) is 4.46. The van der Waals surface area contributed by atoms with Crippen LogP contribution in [0, 0.1) is 17.7 Å². The van der Waals surface area contributed by atoms with Crippen LogP contribution in [0.1, 0.15) is 51.0 Å². The lowest BCUT2D eigenvalue weighted by Gasteiger charge is -2.33. The van der Waals surface area contributed by atoms with Crippen LogP contribution in [0.2, 0.25) is 0 Å². The second-order valence-electron chi connectivity index (χ2n) is 6.59. The first-order valence-corrected chi connectivity index (χ1v) is 8.16. The number of halogens is 1. The van der Waals surface area contributed by atoms with Crippen molar-refractivity contribution in [3.63, 3.8) is 0 Å². The van der Waals surface area contributed by atoms with E-state index in [9.17, 15) is 4.39 Å². The molecular weight excluding hydrogens is 265 g/mol. The molecule has 1 saturated carbocycles. The van der Waals surface area contributed by atoms with Crippen molar-refractivity contribution in [1.29, 1.82) is 0 Å². The minimum absolute atomic E-state index is 0.162. The Labute approximate surface area is 128 Å². The number of methoxy groups -OCH3 is 1. The molecule has 1 aromatic carbocycles. The standard InChI is InChI=1S/C18H28FNO/c1-13(2)11-20-12-14-6-4-5-7-16(14)17-10-15(19)8-9-18(17)21-3/h8-10,13-14,16,20H,4-7,11-12H2,1-3H3. The summed E-state index contributed by atoms with van der Waals surface area (Å²) in [5, 5.41) is 3.57. The average Bonchev–Trinajstić information content (AvgIpc) is 2.47. The normalized spacial score (nSPS) is 22.5. The van der Waals surface area contributed by atoms with Gasteiger partial charge < -0.3 is 10.1 Å². The number of hydrogen-bond donors (Lipinski definition) is 1. The number of hydrogen-bond acceptors (Lipinski definition) is 2. The van der Waals surface area contributed by atoms with Crippen molar-refractivity contribution < 1.29 is 9.13 Å². The molecule has 3 heteroatoms. The van der Waals surface area contributed by atoms with Crippen LogP contribution in [0.5, 0.6) is 5.75 Å². The van der Waals surface area contributed by atoms with E-state index in [0.717, 1.165) is 30.8 Å². The second-order valence-corrected chi connectivity index (χ2v) is 6.59. The van der Waals surface area contributed by atoms with Gasteiger partial charge in [-0.15, -0.1) is 0 Å². The van der Waals surface area contributed by atoms with Gasteiger partial charge in [-0.1, -0.05) is 26.7 Å². The lowest BCUT2D eigenvalue weighted by Crippen LogP contribution is -2.31. The summed E-state index contributed by atoms with van der Waals surface area (Å²) in [6.07, 6.45) is 4.86. The molecule has 1 aliphatic rings. The van der Waals surface area contributed by atoms with Crippen LogP contribution in [-0.4, -0.2) is 20.2 Å². The SMILES string of the molecule is COc1ccc(F)cc1C1CCCCC1CNCC(C)C. The quantitative estimate of drug-likeness (QED) is 0.841. The second kappa shape index (κ2) is 7.79. The van der Waals surface area contributed by atoms with E-state index in [-0.39, 0.29) is 5.82 Å². The van der Waals surface area contributed by atoms with Crippen molar-refractivity contribution in [3.8, 4) is 5.75 Å². The Morgan fingerprint density at radius 2 is 2.05 bits per heavy atom. The van der Waals surface area contributed by atoms with Crippen LogP contribution < -0.4 is 10.1 Å². The Bertz CT molecular complexity index is 447. The lowest BCUT2D eigenvalue weighted by molar-refractivity contribution is 0.284. The van der Waals surface area contributed by atoms with Crippen molar-refractivity contribution in [2.45, 2.75) is 45.4 Å². The van der Waals surface area contributed by atoms with E-state index < -0.39 is 0 Å². The van der Waals surface area contributed by atoms with Gasteiger partial charge in [0.15, 0.2) is 0 Å². The Kier molecular flexibility index (Phi) is 6.04. The molecule has 1 aliphatic carbocycles. The Balaban J connectivity index is 2.12. The zero-order valence-electron chi connectivity index (χ0n) is 13.5. The van der Waals surface area contributed by atoms with E-state index in [1.165, 1.54) is 25.3 Å². The third-order valence-electron chi connectivity index (χ3n) is 4.46. The highest BCUT2D eigenvalue weighted by Crippen LogP contribution is 2.41. The summed E-state index contributed by atoms with van der Waals surface area (Å²) in [6, 6.07) is 4.92. The van der Waals surface area contributed by atoms with Crippen molar-refractivity contribution in [1.82, 2.24) is 5.32 Å². The fraction of sp³-hybridized carbons (Fsp3) is 0.667. The summed E-state index contributed by atoms with van der Waals surface area (Å²) in [6.45, 7) is 6.51. The molecule has 2 unspecified atom stereocenters. The minimum Gasteiger partial charge on any atom is -0.496 e. The molecule has 0 amide bonds. The van der Waals surface area contributed by atoms with Crippen LogP contribution in [0.25, 0.3) is 0 Å². The van der Waals surface area contributed by atoms with Gasteiger partial charge in [0.2, 0.25) is 0 Å². The fourth-order valence-electron chi connectivity index (χ4n) is 3.41. The molecule has 0 aliphatic heterocycles. The molecule has 0 bridgehead atoms. The summed E-state index contributed by atoms with van der Waals surface area (Å²) in [5.41, 5.74) is 1.05. The number of benzene rings is 1. The summed E-state index contributed by atoms with van der Waals surface area (Å²) in [4.78, 5) is 0. The van der Waals surface area contributed by atoms with Crippen LogP contribution in [-0.2, 0) is 0 Å². The predicted octanol–water partition coefficient (Wildman–Crippen LogP) is 4.35. The highest BCUT2D eigenvalue weighted by Gasteiger charge is 2.28. The first kappa shape index (κ1) is 16.3. The van der Waals surface area contributed by atoms with E-state index in [0.29, 0.717) is 17.8 Å². The molecule has 0 saturated heterocycles. The average molecular weight is 293 g/mol. The number of nitrogens with one attached hydrogen (secondary N) is 1. The smallest absolute Gasteiger partial charge is 0.123 e. The summed E-state index contributed by atoms with van der Waals surface area (Å²) >= 11 is 0. The molecular formula is C18H28FNO. The highest BCUT2D eigenvalue weighted by atomic mass is 19.1. The van der Waals surface area contributed by atoms with E-state index in [2.05, 4.69) is 19.2 Å². The van der Waals surface area contributed by atoms with E-state index in [4.69, 9.17) is 4.74 Å². The zero-order valence-corrected chi connectivity index (χ0v) is 13.5. The summed E-state index contributed by atoms with van der Waals surface area (Å²) < 4.78 is 19.1. The van der Waals surface area contributed by atoms with Crippen LogP contribution in [0.3, 0.4) is 0 Å². The van der Waals surface area contributed by atoms with Gasteiger partial charge in [-0.25, -0.2) is 4.39 Å². The van der Waals surface area contributed by atoms with Gasteiger partial charge >= 0.3 is 0 Å². The monoisotopic (exact) mass is 293 g/mol. The first-order valence-electron chi connectivity index (χ1n) is 8.16. The van der Waals surface area contributed by atoms with Crippen LogP contribution >= 0.6 is 0 Å². The molecule has 2 nitrogen and oxygen atoms in total. The molecule has 0 spiro atoms. The van der Waals surface area contributed by atoms with E-state index in [1.807, 2.05) is 0 Å². The van der Waals surface area contributed by atoms with Crippen molar-refractivity contribution in [2.24, 2.45) is 11.8 Å². The van der Waals surface area contributed by atoms with Gasteiger partial charge in [0, 0.05) is 5.56 Å². The van der Waals surface area contributed by atoms with Gasteiger partial charge in [0.25, 0.3) is 0 Å². The summed E-state index contributed by atoms with van der Waals surface area (Å²) in [5.74, 6) is 2.32. The fourth-order valence-corrected chi connectivity index (χ4v) is 3.41. The summed E-state index contributed by atoms with van der Waals surface area (Å²) in [7, 11) is 1.67. The molecule has 1 N–H and O–H groups in total. The van der Waals surface area contributed by atoms with Crippen molar-refractivity contribution in [3.05, 3.63) is 29.6 Å². The molecule has 118 valence electrons. The van der Waals surface area contributed by atoms with Gasteiger partial charge in [-0.05, 0) is 61.9 Å². The predicted molar refractivity (Wildman–Crippen MR) is 85.4 cm³/mol. The zero-order chi connectivity index (χ0) is 15.2. The van der Waals surface area contributed by atoms with Crippen molar-refractivity contribution in [2.75, 3.05) is 20.2 Å². The highest BCUT2D eigenvalue weighted by molar-refractivity contribution is 5.37. The van der Waals surface area contributed by atoms with Crippen LogP contribution in [0.4, 0.5) is 4.39 Å². The molecule has 0 heterocycles. The Morgan fingerprint density at radius 3 is 2.76 bits per heavy atom. The van der Waals surface area contributed by atoms with Crippen molar-refractivity contribution >= 4 is 0 Å². The maximum Gasteiger partial charge on any atom is 0.123 e. The van der Waals surface area contributed by atoms with Gasteiger partial charge in [-0.2, -0.15) is 0 Å². The van der Waals surface area contributed by atoms with E-state index >= 15 is 0 Å². The third kappa shape index (κ3) is 4.44. The van der Waals surface area contributed by atoms with Gasteiger partial charge in [0.1, 0.15) is 11.6 Å². The van der Waals surface area contributed by atoms with E-state index in [1.54, 1.807) is 19.2 Å². The maximum absolute atomic E-state index is 13.7. The Hall–Kier alpha value is -1.09. The molecule has 0 aromatic heterocycles. The number of ether oxygens (including phenoxy) is 1. The first-order chi connectivity index (χ1) is 10.1. The number of rotatable bonds is 6.